The Kier molecular flexibility index (Phi) is 4.46. The molecule has 0 bridgehead atoms. The number of amides is 1. The average molecular weight is 359 g/mol. The average Bonchev–Trinajstić information content (AvgIpc) is 3.12. The molecule has 0 aliphatic heterocycles. The molecule has 26 heavy (non-hydrogen) atoms. The number of benzene rings is 2. The Morgan fingerprint density at radius 1 is 1.00 bits per heavy atom. The second-order valence-corrected chi connectivity index (χ2v) is 7.02. The van der Waals surface area contributed by atoms with E-state index in [4.69, 9.17) is 4.98 Å². The lowest BCUT2D eigenvalue weighted by Gasteiger charge is -2.19. The van der Waals surface area contributed by atoms with E-state index in [9.17, 15) is 4.79 Å². The Morgan fingerprint density at radius 3 is 2.54 bits per heavy atom. The molecule has 2 aromatic carbocycles. The van der Waals surface area contributed by atoms with E-state index in [1.165, 1.54) is 11.3 Å². The molecular weight excluding hydrogens is 342 g/mol. The van der Waals surface area contributed by atoms with E-state index in [0.717, 1.165) is 21.3 Å². The molecule has 4 aromatic rings. The van der Waals surface area contributed by atoms with Gasteiger partial charge in [0.2, 0.25) is 0 Å². The molecule has 0 unspecified atom stereocenters. The van der Waals surface area contributed by atoms with Crippen molar-refractivity contribution in [2.45, 2.75) is 13.5 Å². The van der Waals surface area contributed by atoms with Gasteiger partial charge in [-0.3, -0.25) is 14.7 Å². The Labute approximate surface area is 155 Å². The zero-order valence-corrected chi connectivity index (χ0v) is 15.1. The van der Waals surface area contributed by atoms with Crippen molar-refractivity contribution >= 4 is 32.6 Å². The standard InChI is InChI=1S/C21H17N3OS/c1-15-8-7-12-18-19(15)23-21(26-18)24(14-16-9-3-2-4-10-16)20(25)17-11-5-6-13-22-17/h2-13H,14H2,1H3. The summed E-state index contributed by atoms with van der Waals surface area (Å²) < 4.78 is 1.08. The van der Waals surface area contributed by atoms with E-state index < -0.39 is 0 Å². The summed E-state index contributed by atoms with van der Waals surface area (Å²) in [5.74, 6) is -0.147. The highest BCUT2D eigenvalue weighted by Gasteiger charge is 2.22. The molecule has 0 radical (unpaired) electrons. The molecular formula is C21H17N3OS. The Morgan fingerprint density at radius 2 is 1.81 bits per heavy atom. The van der Waals surface area contributed by atoms with Crippen molar-refractivity contribution in [2.75, 3.05) is 4.90 Å². The maximum atomic E-state index is 13.1. The van der Waals surface area contributed by atoms with E-state index in [0.29, 0.717) is 17.4 Å². The van der Waals surface area contributed by atoms with E-state index in [1.807, 2.05) is 61.5 Å². The highest BCUT2D eigenvalue weighted by Crippen LogP contribution is 2.32. The minimum atomic E-state index is -0.147. The first-order valence-corrected chi connectivity index (χ1v) is 9.17. The van der Waals surface area contributed by atoms with Gasteiger partial charge in [-0.25, -0.2) is 4.98 Å². The monoisotopic (exact) mass is 359 g/mol. The summed E-state index contributed by atoms with van der Waals surface area (Å²) in [6.07, 6.45) is 1.64. The van der Waals surface area contributed by atoms with Crippen LogP contribution in [0.3, 0.4) is 0 Å². The molecule has 0 atom stereocenters. The quantitative estimate of drug-likeness (QED) is 0.523. The minimum Gasteiger partial charge on any atom is -0.278 e. The summed E-state index contributed by atoms with van der Waals surface area (Å²) in [4.78, 5) is 23.8. The Bertz CT molecular complexity index is 1040. The Balaban J connectivity index is 1.78. The van der Waals surface area contributed by atoms with Crippen molar-refractivity contribution in [1.29, 1.82) is 0 Å². The van der Waals surface area contributed by atoms with Gasteiger partial charge >= 0.3 is 0 Å². The number of carbonyl (C=O) groups excluding carboxylic acids is 1. The van der Waals surface area contributed by atoms with Crippen molar-refractivity contribution < 1.29 is 4.79 Å². The van der Waals surface area contributed by atoms with E-state index in [-0.39, 0.29) is 5.91 Å². The fourth-order valence-electron chi connectivity index (χ4n) is 2.81. The number of nitrogens with zero attached hydrogens (tertiary/aromatic N) is 3. The molecule has 0 fully saturated rings. The summed E-state index contributed by atoms with van der Waals surface area (Å²) in [7, 11) is 0. The molecule has 0 spiro atoms. The largest absolute Gasteiger partial charge is 0.278 e. The summed E-state index contributed by atoms with van der Waals surface area (Å²) in [5, 5.41) is 0.689. The van der Waals surface area contributed by atoms with Crippen LogP contribution in [0.4, 0.5) is 5.13 Å². The van der Waals surface area contributed by atoms with Crippen molar-refractivity contribution in [1.82, 2.24) is 9.97 Å². The van der Waals surface area contributed by atoms with Gasteiger partial charge in [0.15, 0.2) is 5.13 Å². The number of aryl methyl sites for hydroxylation is 1. The van der Waals surface area contributed by atoms with Crippen molar-refractivity contribution in [3.63, 3.8) is 0 Å². The topological polar surface area (TPSA) is 46.1 Å². The molecule has 0 aliphatic carbocycles. The molecule has 0 saturated heterocycles. The Hall–Kier alpha value is -3.05. The van der Waals surface area contributed by atoms with Gasteiger partial charge in [0.25, 0.3) is 5.91 Å². The molecule has 2 heterocycles. The third kappa shape index (κ3) is 3.21. The highest BCUT2D eigenvalue weighted by molar-refractivity contribution is 7.22. The first-order chi connectivity index (χ1) is 12.7. The van der Waals surface area contributed by atoms with E-state index in [1.54, 1.807) is 23.2 Å². The van der Waals surface area contributed by atoms with Crippen LogP contribution in [0.1, 0.15) is 21.6 Å². The molecule has 4 nitrogen and oxygen atoms in total. The molecule has 0 saturated carbocycles. The molecule has 0 aliphatic rings. The van der Waals surface area contributed by atoms with Gasteiger partial charge < -0.3 is 0 Å². The molecule has 5 heteroatoms. The lowest BCUT2D eigenvalue weighted by molar-refractivity contribution is 0.0980. The van der Waals surface area contributed by atoms with Crippen LogP contribution in [-0.2, 0) is 6.54 Å². The van der Waals surface area contributed by atoms with Gasteiger partial charge in [-0.1, -0.05) is 59.9 Å². The summed E-state index contributed by atoms with van der Waals surface area (Å²) in [6, 6.07) is 21.4. The van der Waals surface area contributed by atoms with Crippen LogP contribution >= 0.6 is 11.3 Å². The number of anilines is 1. The van der Waals surface area contributed by atoms with Gasteiger partial charge in [-0.2, -0.15) is 0 Å². The van der Waals surface area contributed by atoms with Crippen molar-refractivity contribution in [3.8, 4) is 0 Å². The van der Waals surface area contributed by atoms with E-state index in [2.05, 4.69) is 4.98 Å². The SMILES string of the molecule is Cc1cccc2sc(N(Cc3ccccc3)C(=O)c3ccccn3)nc12. The summed E-state index contributed by atoms with van der Waals surface area (Å²) in [5.41, 5.74) is 3.52. The normalized spacial score (nSPS) is 10.8. The van der Waals surface area contributed by atoms with Crippen LogP contribution in [0.25, 0.3) is 10.2 Å². The number of fused-ring (bicyclic) bond motifs is 1. The van der Waals surface area contributed by atoms with Crippen LogP contribution < -0.4 is 4.90 Å². The van der Waals surface area contributed by atoms with Crippen LogP contribution in [0.2, 0.25) is 0 Å². The first kappa shape index (κ1) is 16.4. The van der Waals surface area contributed by atoms with E-state index >= 15 is 0 Å². The fourth-order valence-corrected chi connectivity index (χ4v) is 3.85. The van der Waals surface area contributed by atoms with Gasteiger partial charge in [-0.05, 0) is 36.2 Å². The third-order valence-corrected chi connectivity index (χ3v) is 5.20. The van der Waals surface area contributed by atoms with Gasteiger partial charge in [-0.15, -0.1) is 0 Å². The number of hydrogen-bond acceptors (Lipinski definition) is 4. The predicted octanol–water partition coefficient (Wildman–Crippen LogP) is 4.85. The highest BCUT2D eigenvalue weighted by atomic mass is 32.1. The lowest BCUT2D eigenvalue weighted by atomic mass is 10.2. The molecule has 2 aromatic heterocycles. The maximum absolute atomic E-state index is 13.1. The van der Waals surface area contributed by atoms with Crippen LogP contribution in [0.15, 0.2) is 72.9 Å². The number of rotatable bonds is 4. The fraction of sp³-hybridized carbons (Fsp3) is 0.0952. The molecule has 128 valence electrons. The molecule has 4 rings (SSSR count). The third-order valence-electron chi connectivity index (χ3n) is 4.15. The molecule has 1 amide bonds. The number of thiazole rings is 1. The second kappa shape index (κ2) is 7.06. The number of carbonyl (C=O) groups is 1. The zero-order chi connectivity index (χ0) is 17.9. The van der Waals surface area contributed by atoms with Crippen molar-refractivity contribution in [3.05, 3.63) is 89.7 Å². The van der Waals surface area contributed by atoms with Crippen LogP contribution in [0, 0.1) is 6.92 Å². The second-order valence-electron chi connectivity index (χ2n) is 6.01. The minimum absolute atomic E-state index is 0.147. The predicted molar refractivity (Wildman–Crippen MR) is 106 cm³/mol. The van der Waals surface area contributed by atoms with Gasteiger partial charge in [0.05, 0.1) is 16.8 Å². The maximum Gasteiger partial charge on any atom is 0.278 e. The molecule has 0 N–H and O–H groups in total. The first-order valence-electron chi connectivity index (χ1n) is 8.35. The van der Waals surface area contributed by atoms with Gasteiger partial charge in [0.1, 0.15) is 5.69 Å². The van der Waals surface area contributed by atoms with Crippen molar-refractivity contribution in [2.24, 2.45) is 0 Å². The number of hydrogen-bond donors (Lipinski definition) is 0. The van der Waals surface area contributed by atoms with Gasteiger partial charge in [0, 0.05) is 6.20 Å². The summed E-state index contributed by atoms with van der Waals surface area (Å²) in [6.45, 7) is 2.49. The number of para-hydroxylation sites is 1. The number of aromatic nitrogens is 2. The van der Waals surface area contributed by atoms with Crippen LogP contribution in [-0.4, -0.2) is 15.9 Å². The number of pyridine rings is 1. The smallest absolute Gasteiger partial charge is 0.278 e. The van der Waals surface area contributed by atoms with Crippen LogP contribution in [0.5, 0.6) is 0 Å². The lowest BCUT2D eigenvalue weighted by Crippen LogP contribution is -2.31. The zero-order valence-electron chi connectivity index (χ0n) is 14.3. The summed E-state index contributed by atoms with van der Waals surface area (Å²) >= 11 is 1.53.